The normalized spacial score (nSPS) is 10.5. The fourth-order valence-electron chi connectivity index (χ4n) is 1.49. The van der Waals surface area contributed by atoms with Gasteiger partial charge in [-0.05, 0) is 79.8 Å². The molecule has 5 heteroatoms. The lowest BCUT2D eigenvalue weighted by Crippen LogP contribution is -2.31. The molecule has 2 N–H and O–H groups in total. The van der Waals surface area contributed by atoms with Crippen LogP contribution < -0.4 is 10.6 Å². The maximum absolute atomic E-state index is 5.25. The van der Waals surface area contributed by atoms with Crippen LogP contribution in [0.25, 0.3) is 0 Å². The highest BCUT2D eigenvalue weighted by Crippen LogP contribution is 2.23. The Morgan fingerprint density at radius 2 is 2.11 bits per heavy atom. The van der Waals surface area contributed by atoms with Crippen LogP contribution in [0.4, 0.5) is 5.69 Å². The SMILES string of the molecule is Cc1ccc(NC(=S)NCCCN(C)C)c(Br)c1. The number of nitrogens with zero attached hydrogens (tertiary/aromatic N) is 1. The molecule has 3 nitrogen and oxygen atoms in total. The van der Waals surface area contributed by atoms with Gasteiger partial charge in [0, 0.05) is 11.0 Å². The molecule has 1 rings (SSSR count). The van der Waals surface area contributed by atoms with E-state index >= 15 is 0 Å². The first kappa shape index (κ1) is 15.4. The molecule has 1 aromatic rings. The van der Waals surface area contributed by atoms with E-state index < -0.39 is 0 Å². The van der Waals surface area contributed by atoms with Crippen molar-refractivity contribution in [3.8, 4) is 0 Å². The summed E-state index contributed by atoms with van der Waals surface area (Å²) in [6, 6.07) is 6.14. The van der Waals surface area contributed by atoms with E-state index in [1.54, 1.807) is 0 Å². The molecule has 0 amide bonds. The molecule has 0 aliphatic heterocycles. The summed E-state index contributed by atoms with van der Waals surface area (Å²) in [5.74, 6) is 0. The Morgan fingerprint density at radius 1 is 1.39 bits per heavy atom. The van der Waals surface area contributed by atoms with E-state index in [1.807, 2.05) is 6.07 Å². The van der Waals surface area contributed by atoms with Crippen LogP contribution in [0.5, 0.6) is 0 Å². The lowest BCUT2D eigenvalue weighted by molar-refractivity contribution is 0.400. The molecule has 0 saturated heterocycles. The molecule has 0 fully saturated rings. The molecular weight excluding hydrogens is 310 g/mol. The van der Waals surface area contributed by atoms with E-state index in [0.717, 1.165) is 29.7 Å². The van der Waals surface area contributed by atoms with Gasteiger partial charge in [-0.15, -0.1) is 0 Å². The van der Waals surface area contributed by atoms with Crippen molar-refractivity contribution < 1.29 is 0 Å². The average molecular weight is 330 g/mol. The zero-order valence-corrected chi connectivity index (χ0v) is 13.5. The van der Waals surface area contributed by atoms with Crippen molar-refractivity contribution in [2.24, 2.45) is 0 Å². The first-order valence-electron chi connectivity index (χ1n) is 5.95. The largest absolute Gasteiger partial charge is 0.362 e. The first-order valence-corrected chi connectivity index (χ1v) is 7.15. The van der Waals surface area contributed by atoms with Gasteiger partial charge in [-0.3, -0.25) is 0 Å². The zero-order valence-electron chi connectivity index (χ0n) is 11.1. The molecule has 1 aromatic carbocycles. The highest BCUT2D eigenvalue weighted by molar-refractivity contribution is 9.10. The number of halogens is 1. The number of thiocarbonyl (C=S) groups is 1. The van der Waals surface area contributed by atoms with Crippen molar-refractivity contribution >= 4 is 38.9 Å². The molecule has 0 bridgehead atoms. The Kier molecular flexibility index (Phi) is 6.60. The summed E-state index contributed by atoms with van der Waals surface area (Å²) >= 11 is 8.77. The molecule has 0 aliphatic rings. The van der Waals surface area contributed by atoms with E-state index in [1.165, 1.54) is 5.56 Å². The van der Waals surface area contributed by atoms with Crippen LogP contribution in [0.1, 0.15) is 12.0 Å². The van der Waals surface area contributed by atoms with Gasteiger partial charge in [-0.2, -0.15) is 0 Å². The van der Waals surface area contributed by atoms with Gasteiger partial charge in [0.05, 0.1) is 5.69 Å². The number of anilines is 1. The minimum atomic E-state index is 0.665. The molecule has 0 radical (unpaired) electrons. The highest BCUT2D eigenvalue weighted by atomic mass is 79.9. The Balaban J connectivity index is 2.35. The summed E-state index contributed by atoms with van der Waals surface area (Å²) < 4.78 is 1.03. The Bertz CT molecular complexity index is 407. The summed E-state index contributed by atoms with van der Waals surface area (Å²) in [6.07, 6.45) is 1.07. The minimum Gasteiger partial charge on any atom is -0.362 e. The zero-order chi connectivity index (χ0) is 13.5. The molecule has 0 heterocycles. The lowest BCUT2D eigenvalue weighted by Gasteiger charge is -2.13. The van der Waals surface area contributed by atoms with Crippen LogP contribution in [-0.2, 0) is 0 Å². The molecule has 18 heavy (non-hydrogen) atoms. The van der Waals surface area contributed by atoms with Gasteiger partial charge in [-0.25, -0.2) is 0 Å². The standard InChI is InChI=1S/C13H20BrN3S/c1-10-5-6-12(11(14)9-10)16-13(18)15-7-4-8-17(2)3/h5-6,9H,4,7-8H2,1-3H3,(H2,15,16,18). The van der Waals surface area contributed by atoms with Crippen molar-refractivity contribution in [3.05, 3.63) is 28.2 Å². The van der Waals surface area contributed by atoms with Gasteiger partial charge in [0.2, 0.25) is 0 Å². The van der Waals surface area contributed by atoms with Crippen LogP contribution in [0.3, 0.4) is 0 Å². The summed E-state index contributed by atoms with van der Waals surface area (Å²) in [5, 5.41) is 7.05. The van der Waals surface area contributed by atoms with Crippen molar-refractivity contribution in [2.45, 2.75) is 13.3 Å². The van der Waals surface area contributed by atoms with Crippen LogP contribution in [0.2, 0.25) is 0 Å². The third kappa shape index (κ3) is 5.80. The third-order valence-electron chi connectivity index (χ3n) is 2.44. The molecule has 0 atom stereocenters. The third-order valence-corrected chi connectivity index (χ3v) is 3.34. The number of hydrogen-bond acceptors (Lipinski definition) is 2. The molecule has 0 unspecified atom stereocenters. The Morgan fingerprint density at radius 3 is 2.72 bits per heavy atom. The second kappa shape index (κ2) is 7.71. The summed E-state index contributed by atoms with van der Waals surface area (Å²) in [6.45, 7) is 4.00. The van der Waals surface area contributed by atoms with Gasteiger partial charge < -0.3 is 15.5 Å². The monoisotopic (exact) mass is 329 g/mol. The number of hydrogen-bond donors (Lipinski definition) is 2. The van der Waals surface area contributed by atoms with Crippen molar-refractivity contribution in [3.63, 3.8) is 0 Å². The smallest absolute Gasteiger partial charge is 0.170 e. The predicted octanol–water partition coefficient (Wildman–Crippen LogP) is 3.00. The highest BCUT2D eigenvalue weighted by Gasteiger charge is 2.02. The van der Waals surface area contributed by atoms with Crippen LogP contribution in [0, 0.1) is 6.92 Å². The minimum absolute atomic E-state index is 0.665. The number of benzene rings is 1. The van der Waals surface area contributed by atoms with Gasteiger partial charge in [0.1, 0.15) is 0 Å². The fourth-order valence-corrected chi connectivity index (χ4v) is 2.29. The maximum Gasteiger partial charge on any atom is 0.170 e. The number of aryl methyl sites for hydroxylation is 1. The van der Waals surface area contributed by atoms with E-state index in [-0.39, 0.29) is 0 Å². The Labute approximate surface area is 123 Å². The van der Waals surface area contributed by atoms with E-state index in [9.17, 15) is 0 Å². The van der Waals surface area contributed by atoms with Gasteiger partial charge in [0.15, 0.2) is 5.11 Å². The first-order chi connectivity index (χ1) is 8.49. The second-order valence-electron chi connectivity index (χ2n) is 4.52. The summed E-state index contributed by atoms with van der Waals surface area (Å²) in [7, 11) is 4.14. The summed E-state index contributed by atoms with van der Waals surface area (Å²) in [4.78, 5) is 2.16. The molecule has 0 spiro atoms. The second-order valence-corrected chi connectivity index (χ2v) is 5.78. The van der Waals surface area contributed by atoms with Crippen LogP contribution in [-0.4, -0.2) is 37.2 Å². The van der Waals surface area contributed by atoms with Crippen molar-refractivity contribution in [1.82, 2.24) is 10.2 Å². The van der Waals surface area contributed by atoms with Gasteiger partial charge in [0.25, 0.3) is 0 Å². The van der Waals surface area contributed by atoms with E-state index in [2.05, 4.69) is 64.6 Å². The van der Waals surface area contributed by atoms with Gasteiger partial charge >= 0.3 is 0 Å². The van der Waals surface area contributed by atoms with Crippen LogP contribution in [0.15, 0.2) is 22.7 Å². The van der Waals surface area contributed by atoms with Crippen LogP contribution >= 0.6 is 28.1 Å². The molecule has 100 valence electrons. The van der Waals surface area contributed by atoms with Gasteiger partial charge in [-0.1, -0.05) is 6.07 Å². The fraction of sp³-hybridized carbons (Fsp3) is 0.462. The topological polar surface area (TPSA) is 27.3 Å². The Hall–Kier alpha value is -0.650. The molecule has 0 aliphatic carbocycles. The summed E-state index contributed by atoms with van der Waals surface area (Å²) in [5.41, 5.74) is 2.21. The lowest BCUT2D eigenvalue weighted by atomic mass is 10.2. The van der Waals surface area contributed by atoms with E-state index in [4.69, 9.17) is 12.2 Å². The molecular formula is C13H20BrN3S. The predicted molar refractivity (Wildman–Crippen MR) is 86.3 cm³/mol. The maximum atomic E-state index is 5.25. The number of nitrogens with one attached hydrogen (secondary N) is 2. The van der Waals surface area contributed by atoms with Crippen molar-refractivity contribution in [2.75, 3.05) is 32.5 Å². The van der Waals surface area contributed by atoms with Crippen molar-refractivity contribution in [1.29, 1.82) is 0 Å². The molecule has 0 aromatic heterocycles. The molecule has 0 saturated carbocycles. The quantitative estimate of drug-likeness (QED) is 0.641. The van der Waals surface area contributed by atoms with E-state index in [0.29, 0.717) is 5.11 Å². The number of rotatable bonds is 5. The average Bonchev–Trinajstić information content (AvgIpc) is 2.28.